The third kappa shape index (κ3) is 5.52. The first-order chi connectivity index (χ1) is 8.28. The lowest BCUT2D eigenvalue weighted by atomic mass is 10.1. The van der Waals surface area contributed by atoms with Gasteiger partial charge in [0.05, 0.1) is 6.10 Å². The van der Waals surface area contributed by atoms with E-state index in [2.05, 4.69) is 56.1 Å². The Kier molecular flexibility index (Phi) is 5.17. The molecule has 1 rings (SSSR count). The van der Waals surface area contributed by atoms with E-state index in [-0.39, 0.29) is 11.6 Å². The van der Waals surface area contributed by atoms with Crippen LogP contribution in [0.25, 0.3) is 0 Å². The fourth-order valence-electron chi connectivity index (χ4n) is 1.78. The molecule has 0 saturated heterocycles. The third-order valence-corrected chi connectivity index (χ3v) is 2.80. The molecule has 1 aromatic carbocycles. The molecule has 0 amide bonds. The maximum absolute atomic E-state index is 10.0. The molecule has 0 aromatic heterocycles. The quantitative estimate of drug-likeness (QED) is 0.841. The van der Waals surface area contributed by atoms with Gasteiger partial charge in [0.2, 0.25) is 0 Å². The third-order valence-electron chi connectivity index (χ3n) is 2.80. The van der Waals surface area contributed by atoms with Gasteiger partial charge in [-0.3, -0.25) is 0 Å². The molecule has 2 N–H and O–H groups in total. The van der Waals surface area contributed by atoms with Crippen molar-refractivity contribution in [2.45, 2.75) is 39.3 Å². The number of benzene rings is 1. The van der Waals surface area contributed by atoms with Gasteiger partial charge >= 0.3 is 0 Å². The van der Waals surface area contributed by atoms with E-state index < -0.39 is 0 Å². The van der Waals surface area contributed by atoms with Crippen molar-refractivity contribution in [2.24, 2.45) is 0 Å². The van der Waals surface area contributed by atoms with Gasteiger partial charge in [-0.2, -0.15) is 0 Å². The van der Waals surface area contributed by atoms with Crippen molar-refractivity contribution in [3.63, 3.8) is 0 Å². The van der Waals surface area contributed by atoms with Crippen LogP contribution < -0.4 is 10.2 Å². The normalized spacial score (nSPS) is 13.4. The van der Waals surface area contributed by atoms with Gasteiger partial charge in [0.25, 0.3) is 0 Å². The summed E-state index contributed by atoms with van der Waals surface area (Å²) in [6, 6.07) is 8.32. The molecule has 1 atom stereocenters. The van der Waals surface area contributed by atoms with Crippen LogP contribution in [0.15, 0.2) is 24.3 Å². The molecular formula is C15H26N2O. The number of nitrogens with one attached hydrogen (secondary N) is 1. The summed E-state index contributed by atoms with van der Waals surface area (Å²) in [7, 11) is 2.01. The molecule has 0 bridgehead atoms. The summed E-state index contributed by atoms with van der Waals surface area (Å²) in [4.78, 5) is 2.09. The molecule has 102 valence electrons. The molecule has 0 aliphatic carbocycles. The highest BCUT2D eigenvalue weighted by molar-refractivity contribution is 5.47. The topological polar surface area (TPSA) is 35.5 Å². The number of likely N-dealkylation sites (N-methyl/N-ethyl adjacent to an activating group) is 1. The van der Waals surface area contributed by atoms with Gasteiger partial charge in [-0.25, -0.2) is 0 Å². The zero-order valence-corrected chi connectivity index (χ0v) is 12.2. The predicted molar refractivity (Wildman–Crippen MR) is 78.2 cm³/mol. The van der Waals surface area contributed by atoms with E-state index in [0.29, 0.717) is 13.1 Å². The van der Waals surface area contributed by atoms with Crippen LogP contribution in [0, 0.1) is 6.92 Å². The standard InChI is InChI=1S/C15H26N2O/c1-12-7-6-8-13(9-12)17(5)11-14(18)10-16-15(2,3)4/h6-9,14,16,18H,10-11H2,1-5H3. The number of β-amino-alcohol motifs (C(OH)–C–C–N with tert-alkyl or cyclic N) is 1. The van der Waals surface area contributed by atoms with E-state index in [9.17, 15) is 5.11 Å². The Labute approximate surface area is 111 Å². The zero-order chi connectivity index (χ0) is 13.8. The van der Waals surface area contributed by atoms with Gasteiger partial charge in [0, 0.05) is 31.4 Å². The highest BCUT2D eigenvalue weighted by Crippen LogP contribution is 2.14. The first-order valence-electron chi connectivity index (χ1n) is 6.49. The molecule has 0 fully saturated rings. The molecule has 1 unspecified atom stereocenters. The van der Waals surface area contributed by atoms with Gasteiger partial charge in [-0.05, 0) is 45.4 Å². The van der Waals surface area contributed by atoms with Crippen molar-refractivity contribution in [1.82, 2.24) is 5.32 Å². The molecule has 0 aliphatic rings. The number of aliphatic hydroxyl groups is 1. The van der Waals surface area contributed by atoms with Gasteiger partial charge < -0.3 is 15.3 Å². The van der Waals surface area contributed by atoms with E-state index in [1.165, 1.54) is 5.56 Å². The number of rotatable bonds is 5. The van der Waals surface area contributed by atoms with Crippen molar-refractivity contribution >= 4 is 5.69 Å². The highest BCUT2D eigenvalue weighted by Gasteiger charge is 2.13. The number of anilines is 1. The summed E-state index contributed by atoms with van der Waals surface area (Å²) in [6.45, 7) is 9.62. The summed E-state index contributed by atoms with van der Waals surface area (Å²) < 4.78 is 0. The molecule has 0 heterocycles. The van der Waals surface area contributed by atoms with Gasteiger partial charge in [0.15, 0.2) is 0 Å². The minimum Gasteiger partial charge on any atom is -0.390 e. The first-order valence-corrected chi connectivity index (χ1v) is 6.49. The Hall–Kier alpha value is -1.06. The summed E-state index contributed by atoms with van der Waals surface area (Å²) in [6.07, 6.45) is -0.366. The molecular weight excluding hydrogens is 224 g/mol. The first kappa shape index (κ1) is 15.0. The van der Waals surface area contributed by atoms with Gasteiger partial charge in [0.1, 0.15) is 0 Å². The van der Waals surface area contributed by atoms with Crippen LogP contribution in [0.5, 0.6) is 0 Å². The summed E-state index contributed by atoms with van der Waals surface area (Å²) in [5.41, 5.74) is 2.43. The van der Waals surface area contributed by atoms with E-state index in [1.807, 2.05) is 13.1 Å². The molecule has 1 aromatic rings. The monoisotopic (exact) mass is 250 g/mol. The van der Waals surface area contributed by atoms with Crippen molar-refractivity contribution < 1.29 is 5.11 Å². The Morgan fingerprint density at radius 3 is 2.56 bits per heavy atom. The average Bonchev–Trinajstić information content (AvgIpc) is 2.25. The molecule has 0 saturated carbocycles. The smallest absolute Gasteiger partial charge is 0.0839 e. The lowest BCUT2D eigenvalue weighted by Gasteiger charge is -2.26. The van der Waals surface area contributed by atoms with Gasteiger partial charge in [-0.15, -0.1) is 0 Å². The van der Waals surface area contributed by atoms with Crippen LogP contribution in [-0.4, -0.2) is 36.9 Å². The largest absolute Gasteiger partial charge is 0.390 e. The van der Waals surface area contributed by atoms with Crippen LogP contribution in [-0.2, 0) is 0 Å². The molecule has 0 radical (unpaired) electrons. The maximum atomic E-state index is 10.0. The number of nitrogens with zero attached hydrogens (tertiary/aromatic N) is 1. The fraction of sp³-hybridized carbons (Fsp3) is 0.600. The van der Waals surface area contributed by atoms with Crippen LogP contribution in [0.1, 0.15) is 26.3 Å². The van der Waals surface area contributed by atoms with E-state index >= 15 is 0 Å². The van der Waals surface area contributed by atoms with Crippen molar-refractivity contribution in [1.29, 1.82) is 0 Å². The summed E-state index contributed by atoms with van der Waals surface area (Å²) >= 11 is 0. The highest BCUT2D eigenvalue weighted by atomic mass is 16.3. The minimum absolute atomic E-state index is 0.0445. The van der Waals surface area contributed by atoms with Crippen molar-refractivity contribution in [3.05, 3.63) is 29.8 Å². The number of aliphatic hydroxyl groups excluding tert-OH is 1. The predicted octanol–water partition coefficient (Wildman–Crippen LogP) is 2.18. The lowest BCUT2D eigenvalue weighted by Crippen LogP contribution is -2.44. The second-order valence-electron chi connectivity index (χ2n) is 6.00. The van der Waals surface area contributed by atoms with Crippen LogP contribution in [0.2, 0.25) is 0 Å². The van der Waals surface area contributed by atoms with Crippen LogP contribution in [0.3, 0.4) is 0 Å². The zero-order valence-electron chi connectivity index (χ0n) is 12.2. The Morgan fingerprint density at radius 2 is 2.00 bits per heavy atom. The molecule has 3 nitrogen and oxygen atoms in total. The summed E-state index contributed by atoms with van der Waals surface area (Å²) in [5.74, 6) is 0. The molecule has 0 spiro atoms. The summed E-state index contributed by atoms with van der Waals surface area (Å²) in [5, 5.41) is 13.3. The second kappa shape index (κ2) is 6.21. The molecule has 18 heavy (non-hydrogen) atoms. The Bertz CT molecular complexity index is 371. The number of hydrogen-bond donors (Lipinski definition) is 2. The molecule has 0 aliphatic heterocycles. The average molecular weight is 250 g/mol. The van der Waals surface area contributed by atoms with Crippen LogP contribution >= 0.6 is 0 Å². The van der Waals surface area contributed by atoms with Gasteiger partial charge in [-0.1, -0.05) is 12.1 Å². The minimum atomic E-state index is -0.366. The van der Waals surface area contributed by atoms with Crippen LogP contribution in [0.4, 0.5) is 5.69 Å². The SMILES string of the molecule is Cc1cccc(N(C)CC(O)CNC(C)(C)C)c1. The second-order valence-corrected chi connectivity index (χ2v) is 6.00. The number of aryl methyl sites for hydroxylation is 1. The van der Waals surface area contributed by atoms with E-state index in [4.69, 9.17) is 0 Å². The van der Waals surface area contributed by atoms with Crippen molar-refractivity contribution in [2.75, 3.05) is 25.0 Å². The Balaban J connectivity index is 2.47. The Morgan fingerprint density at radius 1 is 1.33 bits per heavy atom. The maximum Gasteiger partial charge on any atom is 0.0839 e. The van der Waals surface area contributed by atoms with Crippen molar-refractivity contribution in [3.8, 4) is 0 Å². The fourth-order valence-corrected chi connectivity index (χ4v) is 1.78. The van der Waals surface area contributed by atoms with E-state index in [1.54, 1.807) is 0 Å². The lowest BCUT2D eigenvalue weighted by molar-refractivity contribution is 0.167. The van der Waals surface area contributed by atoms with E-state index in [0.717, 1.165) is 5.69 Å². The number of hydrogen-bond acceptors (Lipinski definition) is 3. The molecule has 3 heteroatoms.